The van der Waals surface area contributed by atoms with Gasteiger partial charge in [-0.05, 0) is 26.1 Å². The highest BCUT2D eigenvalue weighted by Gasteiger charge is 2.33. The second-order valence-corrected chi connectivity index (χ2v) is 4.44. The van der Waals surface area contributed by atoms with Gasteiger partial charge in [-0.15, -0.1) is 0 Å². The number of fused-ring (bicyclic) bond motifs is 1. The van der Waals surface area contributed by atoms with Crippen LogP contribution in [0, 0.1) is 0 Å². The molecule has 0 spiro atoms. The molecule has 0 bridgehead atoms. The normalized spacial score (nSPS) is 13.8. The standard InChI is InChI=1S/C12H11ClF3N3/c1-6(17-2)11-18-9-7(10(13)19-11)4-3-5-8(9)12(14,15)16/h3-6,17H,1-2H3. The van der Waals surface area contributed by atoms with E-state index in [9.17, 15) is 13.2 Å². The summed E-state index contributed by atoms with van der Waals surface area (Å²) in [5.41, 5.74) is -0.981. The molecule has 0 radical (unpaired) electrons. The van der Waals surface area contributed by atoms with Crippen molar-refractivity contribution < 1.29 is 13.2 Å². The van der Waals surface area contributed by atoms with Crippen LogP contribution in [0.3, 0.4) is 0 Å². The minimum Gasteiger partial charge on any atom is -0.311 e. The lowest BCUT2D eigenvalue weighted by molar-refractivity contribution is -0.136. The quantitative estimate of drug-likeness (QED) is 0.859. The van der Waals surface area contributed by atoms with Crippen molar-refractivity contribution in [2.45, 2.75) is 19.1 Å². The minimum absolute atomic E-state index is 0.0215. The average molecular weight is 290 g/mol. The van der Waals surface area contributed by atoms with Crippen molar-refractivity contribution in [3.8, 4) is 0 Å². The molecule has 1 aromatic carbocycles. The first-order chi connectivity index (χ1) is 8.84. The summed E-state index contributed by atoms with van der Waals surface area (Å²) in [6.45, 7) is 1.74. The third kappa shape index (κ3) is 2.64. The van der Waals surface area contributed by atoms with Gasteiger partial charge >= 0.3 is 6.18 Å². The van der Waals surface area contributed by atoms with Gasteiger partial charge in [0.05, 0.1) is 17.1 Å². The predicted octanol–water partition coefficient (Wildman–Crippen LogP) is 3.58. The van der Waals surface area contributed by atoms with E-state index < -0.39 is 11.7 Å². The lowest BCUT2D eigenvalue weighted by Gasteiger charge is -2.13. The van der Waals surface area contributed by atoms with Crippen LogP contribution in [0.5, 0.6) is 0 Å². The summed E-state index contributed by atoms with van der Waals surface area (Å²) >= 11 is 5.94. The van der Waals surface area contributed by atoms with E-state index in [0.717, 1.165) is 6.07 Å². The Hall–Kier alpha value is -1.40. The molecule has 19 heavy (non-hydrogen) atoms. The zero-order valence-electron chi connectivity index (χ0n) is 10.2. The van der Waals surface area contributed by atoms with Crippen LogP contribution in [0.2, 0.25) is 5.15 Å². The number of nitrogens with one attached hydrogen (secondary N) is 1. The molecule has 0 aliphatic rings. The predicted molar refractivity (Wildman–Crippen MR) is 67.0 cm³/mol. The Kier molecular flexibility index (Phi) is 3.64. The lowest BCUT2D eigenvalue weighted by atomic mass is 10.1. The number of para-hydroxylation sites is 1. The maximum Gasteiger partial charge on any atom is 0.418 e. The molecule has 1 atom stereocenters. The fraction of sp³-hybridized carbons (Fsp3) is 0.333. The highest BCUT2D eigenvalue weighted by Crippen LogP contribution is 2.35. The van der Waals surface area contributed by atoms with Crippen molar-refractivity contribution >= 4 is 22.5 Å². The first-order valence-corrected chi connectivity index (χ1v) is 5.93. The van der Waals surface area contributed by atoms with Gasteiger partial charge in [0, 0.05) is 5.39 Å². The number of hydrogen-bond acceptors (Lipinski definition) is 3. The molecule has 7 heteroatoms. The van der Waals surface area contributed by atoms with Crippen LogP contribution >= 0.6 is 11.6 Å². The highest BCUT2D eigenvalue weighted by atomic mass is 35.5. The van der Waals surface area contributed by atoms with Crippen LogP contribution in [0.25, 0.3) is 10.9 Å². The van der Waals surface area contributed by atoms with E-state index in [1.807, 2.05) is 0 Å². The molecule has 0 aliphatic heterocycles. The summed E-state index contributed by atoms with van der Waals surface area (Å²) < 4.78 is 38.8. The SMILES string of the molecule is CNC(C)c1nc(Cl)c2cccc(C(F)(F)F)c2n1. The van der Waals surface area contributed by atoms with Crippen LogP contribution < -0.4 is 5.32 Å². The van der Waals surface area contributed by atoms with E-state index in [1.165, 1.54) is 12.1 Å². The number of rotatable bonds is 2. The first kappa shape index (κ1) is 14.0. The van der Waals surface area contributed by atoms with Gasteiger partial charge in [0.2, 0.25) is 0 Å². The lowest BCUT2D eigenvalue weighted by Crippen LogP contribution is -2.16. The van der Waals surface area contributed by atoms with Gasteiger partial charge in [0.1, 0.15) is 11.0 Å². The van der Waals surface area contributed by atoms with Gasteiger partial charge in [-0.3, -0.25) is 0 Å². The Morgan fingerprint density at radius 3 is 2.53 bits per heavy atom. The zero-order chi connectivity index (χ0) is 14.2. The fourth-order valence-electron chi connectivity index (χ4n) is 1.68. The molecular weight excluding hydrogens is 279 g/mol. The zero-order valence-corrected chi connectivity index (χ0v) is 11.0. The summed E-state index contributed by atoms with van der Waals surface area (Å²) in [5, 5.41) is 3.09. The molecule has 0 saturated carbocycles. The Morgan fingerprint density at radius 2 is 1.95 bits per heavy atom. The maximum atomic E-state index is 12.9. The molecule has 3 nitrogen and oxygen atoms in total. The molecule has 0 aliphatic carbocycles. The Balaban J connectivity index is 2.76. The summed E-state index contributed by atoms with van der Waals surface area (Å²) in [4.78, 5) is 8.01. The molecule has 1 unspecified atom stereocenters. The van der Waals surface area contributed by atoms with Crippen LogP contribution in [-0.2, 0) is 6.18 Å². The Bertz CT molecular complexity index is 613. The fourth-order valence-corrected chi connectivity index (χ4v) is 1.92. The Morgan fingerprint density at radius 1 is 1.26 bits per heavy atom. The number of benzene rings is 1. The molecule has 102 valence electrons. The van der Waals surface area contributed by atoms with E-state index in [1.54, 1.807) is 14.0 Å². The number of halogens is 4. The van der Waals surface area contributed by atoms with Gasteiger partial charge in [0.25, 0.3) is 0 Å². The van der Waals surface area contributed by atoms with Crippen molar-refractivity contribution in [3.05, 3.63) is 34.7 Å². The van der Waals surface area contributed by atoms with Crippen molar-refractivity contribution in [1.29, 1.82) is 0 Å². The van der Waals surface area contributed by atoms with E-state index in [0.29, 0.717) is 0 Å². The van der Waals surface area contributed by atoms with Crippen LogP contribution in [0.15, 0.2) is 18.2 Å². The molecule has 0 amide bonds. The number of aromatic nitrogens is 2. The molecule has 1 heterocycles. The molecule has 0 saturated heterocycles. The summed E-state index contributed by atoms with van der Waals surface area (Å²) in [5.74, 6) is 0.233. The van der Waals surface area contributed by atoms with Crippen LogP contribution in [0.4, 0.5) is 13.2 Å². The van der Waals surface area contributed by atoms with Gasteiger partial charge in [-0.2, -0.15) is 13.2 Å². The second kappa shape index (κ2) is 4.94. The van der Waals surface area contributed by atoms with Crippen molar-refractivity contribution in [2.24, 2.45) is 0 Å². The van der Waals surface area contributed by atoms with E-state index >= 15 is 0 Å². The maximum absolute atomic E-state index is 12.9. The third-order valence-corrected chi connectivity index (χ3v) is 3.11. The topological polar surface area (TPSA) is 37.8 Å². The van der Waals surface area contributed by atoms with Gasteiger partial charge < -0.3 is 5.32 Å². The van der Waals surface area contributed by atoms with E-state index in [2.05, 4.69) is 15.3 Å². The van der Waals surface area contributed by atoms with E-state index in [-0.39, 0.29) is 27.9 Å². The van der Waals surface area contributed by atoms with Crippen LogP contribution in [-0.4, -0.2) is 17.0 Å². The monoisotopic (exact) mass is 289 g/mol. The number of alkyl halides is 3. The average Bonchev–Trinajstić information content (AvgIpc) is 2.35. The number of nitrogens with zero attached hydrogens (tertiary/aromatic N) is 2. The van der Waals surface area contributed by atoms with Gasteiger partial charge in [0.15, 0.2) is 0 Å². The smallest absolute Gasteiger partial charge is 0.311 e. The molecule has 1 aromatic heterocycles. The summed E-state index contributed by atoms with van der Waals surface area (Å²) in [6, 6.07) is 3.46. The van der Waals surface area contributed by atoms with Crippen LogP contribution in [0.1, 0.15) is 24.4 Å². The van der Waals surface area contributed by atoms with Crippen molar-refractivity contribution in [2.75, 3.05) is 7.05 Å². The third-order valence-electron chi connectivity index (χ3n) is 2.82. The summed E-state index contributed by atoms with van der Waals surface area (Å²) in [7, 11) is 1.67. The van der Waals surface area contributed by atoms with Crippen molar-refractivity contribution in [1.82, 2.24) is 15.3 Å². The highest BCUT2D eigenvalue weighted by molar-refractivity contribution is 6.34. The van der Waals surface area contributed by atoms with Gasteiger partial charge in [-0.1, -0.05) is 17.7 Å². The summed E-state index contributed by atoms with van der Waals surface area (Å²) in [6.07, 6.45) is -4.47. The largest absolute Gasteiger partial charge is 0.418 e. The second-order valence-electron chi connectivity index (χ2n) is 4.08. The minimum atomic E-state index is -4.47. The number of hydrogen-bond donors (Lipinski definition) is 1. The van der Waals surface area contributed by atoms with Gasteiger partial charge in [-0.25, -0.2) is 9.97 Å². The Labute approximate surface area is 112 Å². The molecule has 1 N–H and O–H groups in total. The van der Waals surface area contributed by atoms with E-state index in [4.69, 9.17) is 11.6 Å². The first-order valence-electron chi connectivity index (χ1n) is 5.55. The molecule has 0 fully saturated rings. The molecular formula is C12H11ClF3N3. The molecule has 2 aromatic rings. The van der Waals surface area contributed by atoms with Crippen molar-refractivity contribution in [3.63, 3.8) is 0 Å². The molecule has 2 rings (SSSR count).